The van der Waals surface area contributed by atoms with E-state index in [1.807, 2.05) is 11.2 Å². The van der Waals surface area contributed by atoms with E-state index in [0.29, 0.717) is 13.2 Å². The molecule has 106 valence electrons. The van der Waals surface area contributed by atoms with Gasteiger partial charge >= 0.3 is 0 Å². The van der Waals surface area contributed by atoms with E-state index in [1.165, 1.54) is 6.42 Å². The van der Waals surface area contributed by atoms with Gasteiger partial charge in [0, 0.05) is 13.1 Å². The standard InChI is InChI=1S/C12H22N2O2S.ClH/c1-17-8-3-10(13)11(15)14-6-7-16-12(9-14)4-2-5-12;/h10H,2-9,13H2,1H3;1H/t10-;/m0./s1. The molecule has 2 N–H and O–H groups in total. The molecular weight excluding hydrogens is 272 g/mol. The molecule has 6 heteroatoms. The number of nitrogens with two attached hydrogens (primary N) is 1. The highest BCUT2D eigenvalue weighted by Crippen LogP contribution is 2.38. The topological polar surface area (TPSA) is 55.6 Å². The lowest BCUT2D eigenvalue weighted by Gasteiger charge is -2.48. The average molecular weight is 295 g/mol. The van der Waals surface area contributed by atoms with Gasteiger partial charge in [-0.2, -0.15) is 11.8 Å². The molecule has 0 aromatic rings. The first-order valence-electron chi connectivity index (χ1n) is 6.34. The first-order valence-corrected chi connectivity index (χ1v) is 7.73. The van der Waals surface area contributed by atoms with Crippen molar-refractivity contribution in [1.82, 2.24) is 4.90 Å². The number of hydrogen-bond acceptors (Lipinski definition) is 4. The molecule has 0 aromatic heterocycles. The summed E-state index contributed by atoms with van der Waals surface area (Å²) in [4.78, 5) is 14.1. The normalized spacial score (nSPS) is 23.1. The third-order valence-electron chi connectivity index (χ3n) is 3.78. The lowest BCUT2D eigenvalue weighted by atomic mass is 9.78. The fourth-order valence-electron chi connectivity index (χ4n) is 2.51. The van der Waals surface area contributed by atoms with Crippen LogP contribution in [0.4, 0.5) is 0 Å². The molecule has 4 nitrogen and oxygen atoms in total. The predicted molar refractivity (Wildman–Crippen MR) is 77.3 cm³/mol. The molecule has 1 aliphatic heterocycles. The van der Waals surface area contributed by atoms with Crippen molar-refractivity contribution in [2.24, 2.45) is 5.73 Å². The molecule has 1 atom stereocenters. The van der Waals surface area contributed by atoms with E-state index in [4.69, 9.17) is 10.5 Å². The molecule has 2 aliphatic rings. The van der Waals surface area contributed by atoms with E-state index in [0.717, 1.165) is 31.6 Å². The third kappa shape index (κ3) is 3.53. The van der Waals surface area contributed by atoms with Crippen molar-refractivity contribution in [1.29, 1.82) is 0 Å². The second-order valence-corrected chi connectivity index (χ2v) is 6.02. The predicted octanol–water partition coefficient (Wildman–Crippen LogP) is 1.27. The summed E-state index contributed by atoms with van der Waals surface area (Å²) in [6.45, 7) is 2.12. The number of carbonyl (C=O) groups excluding carboxylic acids is 1. The van der Waals surface area contributed by atoms with E-state index in [1.54, 1.807) is 11.8 Å². The first-order chi connectivity index (χ1) is 8.17. The number of amides is 1. The summed E-state index contributed by atoms with van der Waals surface area (Å²) in [6.07, 6.45) is 6.22. The summed E-state index contributed by atoms with van der Waals surface area (Å²) in [5.74, 6) is 1.05. The van der Waals surface area contributed by atoms with Crippen molar-refractivity contribution in [3.63, 3.8) is 0 Å². The monoisotopic (exact) mass is 294 g/mol. The van der Waals surface area contributed by atoms with Gasteiger partial charge in [0.25, 0.3) is 0 Å². The van der Waals surface area contributed by atoms with Crippen LogP contribution in [0.2, 0.25) is 0 Å². The van der Waals surface area contributed by atoms with Gasteiger partial charge in [0.05, 0.1) is 18.2 Å². The second-order valence-electron chi connectivity index (χ2n) is 5.03. The molecule has 2 fully saturated rings. The van der Waals surface area contributed by atoms with Crippen molar-refractivity contribution in [2.45, 2.75) is 37.3 Å². The Kier molecular flexibility index (Phi) is 6.24. The molecule has 1 heterocycles. The molecule has 0 unspecified atom stereocenters. The summed E-state index contributed by atoms with van der Waals surface area (Å²) in [6, 6.07) is -0.335. The lowest BCUT2D eigenvalue weighted by molar-refractivity contribution is -0.168. The van der Waals surface area contributed by atoms with Crippen LogP contribution in [0, 0.1) is 0 Å². The smallest absolute Gasteiger partial charge is 0.239 e. The van der Waals surface area contributed by atoms with Crippen molar-refractivity contribution in [3.8, 4) is 0 Å². The number of hydrogen-bond donors (Lipinski definition) is 1. The number of morpholine rings is 1. The minimum Gasteiger partial charge on any atom is -0.371 e. The minimum atomic E-state index is -0.335. The quantitative estimate of drug-likeness (QED) is 0.848. The van der Waals surface area contributed by atoms with Crippen molar-refractivity contribution >= 4 is 30.1 Å². The molecule has 0 radical (unpaired) electrons. The largest absolute Gasteiger partial charge is 0.371 e. The van der Waals surface area contributed by atoms with Crippen LogP contribution in [0.15, 0.2) is 0 Å². The van der Waals surface area contributed by atoms with Gasteiger partial charge in [-0.15, -0.1) is 12.4 Å². The molecule has 0 aromatic carbocycles. The number of rotatable bonds is 4. The van der Waals surface area contributed by atoms with Crippen molar-refractivity contribution < 1.29 is 9.53 Å². The van der Waals surface area contributed by atoms with Gasteiger partial charge in [0.1, 0.15) is 0 Å². The highest BCUT2D eigenvalue weighted by Gasteiger charge is 2.43. The molecular formula is C12H23ClN2O2S. The van der Waals surface area contributed by atoms with Crippen LogP contribution in [0.25, 0.3) is 0 Å². The Morgan fingerprint density at radius 1 is 1.56 bits per heavy atom. The highest BCUT2D eigenvalue weighted by atomic mass is 35.5. The van der Waals surface area contributed by atoms with Crippen molar-refractivity contribution in [2.75, 3.05) is 31.7 Å². The van der Waals surface area contributed by atoms with Crippen LogP contribution >= 0.6 is 24.2 Å². The maximum Gasteiger partial charge on any atom is 0.239 e. The zero-order valence-corrected chi connectivity index (χ0v) is 12.5. The van der Waals surface area contributed by atoms with Crippen LogP contribution in [-0.2, 0) is 9.53 Å². The van der Waals surface area contributed by atoms with Crippen LogP contribution in [0.1, 0.15) is 25.7 Å². The van der Waals surface area contributed by atoms with E-state index in [-0.39, 0.29) is 30.0 Å². The van der Waals surface area contributed by atoms with Gasteiger partial charge in [0.15, 0.2) is 0 Å². The first kappa shape index (κ1) is 16.1. The van der Waals surface area contributed by atoms with E-state index in [2.05, 4.69) is 0 Å². The SMILES string of the molecule is CSCC[C@H](N)C(=O)N1CCOC2(CCC2)C1.Cl. The van der Waals surface area contributed by atoms with Gasteiger partial charge in [-0.05, 0) is 37.7 Å². The molecule has 2 rings (SSSR count). The Labute approximate surface area is 119 Å². The lowest BCUT2D eigenvalue weighted by Crippen LogP contribution is -2.59. The Hall–Kier alpha value is 0.0300. The molecule has 0 bridgehead atoms. The summed E-state index contributed by atoms with van der Waals surface area (Å²) < 4.78 is 5.80. The molecule has 1 saturated heterocycles. The maximum atomic E-state index is 12.2. The van der Waals surface area contributed by atoms with E-state index >= 15 is 0 Å². The van der Waals surface area contributed by atoms with Crippen LogP contribution in [0.5, 0.6) is 0 Å². The third-order valence-corrected chi connectivity index (χ3v) is 4.42. The Bertz CT molecular complexity index is 287. The summed E-state index contributed by atoms with van der Waals surface area (Å²) >= 11 is 1.73. The fraction of sp³-hybridized carbons (Fsp3) is 0.917. The number of thioether (sulfide) groups is 1. The molecule has 1 spiro atoms. The van der Waals surface area contributed by atoms with Gasteiger partial charge < -0.3 is 15.4 Å². The maximum absolute atomic E-state index is 12.2. The summed E-state index contributed by atoms with van der Waals surface area (Å²) in [7, 11) is 0. The van der Waals surface area contributed by atoms with Crippen LogP contribution in [0.3, 0.4) is 0 Å². The van der Waals surface area contributed by atoms with Gasteiger partial charge in [-0.25, -0.2) is 0 Å². The zero-order valence-electron chi connectivity index (χ0n) is 10.9. The van der Waals surface area contributed by atoms with Gasteiger partial charge in [-0.1, -0.05) is 0 Å². The number of ether oxygens (including phenoxy) is 1. The van der Waals surface area contributed by atoms with Gasteiger partial charge in [0.2, 0.25) is 5.91 Å². The van der Waals surface area contributed by atoms with E-state index in [9.17, 15) is 4.79 Å². The molecule has 18 heavy (non-hydrogen) atoms. The Balaban J connectivity index is 0.00000162. The Morgan fingerprint density at radius 3 is 2.83 bits per heavy atom. The zero-order chi connectivity index (χ0) is 12.3. The highest BCUT2D eigenvalue weighted by molar-refractivity contribution is 7.98. The number of nitrogens with zero attached hydrogens (tertiary/aromatic N) is 1. The average Bonchev–Trinajstić information content (AvgIpc) is 2.33. The summed E-state index contributed by atoms with van der Waals surface area (Å²) in [5, 5.41) is 0. The number of halogens is 1. The number of carbonyl (C=O) groups is 1. The summed E-state index contributed by atoms with van der Waals surface area (Å²) in [5.41, 5.74) is 5.92. The van der Waals surface area contributed by atoms with Crippen molar-refractivity contribution in [3.05, 3.63) is 0 Å². The minimum absolute atomic E-state index is 0. The van der Waals surface area contributed by atoms with Gasteiger partial charge in [-0.3, -0.25) is 4.79 Å². The van der Waals surface area contributed by atoms with E-state index < -0.39 is 0 Å². The van der Waals surface area contributed by atoms with Crippen LogP contribution in [-0.4, -0.2) is 54.2 Å². The fourth-order valence-corrected chi connectivity index (χ4v) is 3.00. The molecule has 1 amide bonds. The Morgan fingerprint density at radius 2 is 2.28 bits per heavy atom. The molecule has 1 saturated carbocycles. The second kappa shape index (κ2) is 6.98. The van der Waals surface area contributed by atoms with Crippen LogP contribution < -0.4 is 5.73 Å². The molecule has 1 aliphatic carbocycles.